The Morgan fingerprint density at radius 2 is 2.00 bits per heavy atom. The fourth-order valence-corrected chi connectivity index (χ4v) is 2.82. The number of hydrogen-bond acceptors (Lipinski definition) is 3. The van der Waals surface area contributed by atoms with Crippen LogP contribution in [0.4, 0.5) is 18.0 Å². The van der Waals surface area contributed by atoms with Gasteiger partial charge in [0.25, 0.3) is 0 Å². The number of ether oxygens (including phenoxy) is 1. The molecular formula is C14H12Cl2F3N3O2. The maximum atomic E-state index is 13.1. The summed E-state index contributed by atoms with van der Waals surface area (Å²) >= 11 is 11.9. The zero-order valence-corrected chi connectivity index (χ0v) is 14.1. The van der Waals surface area contributed by atoms with E-state index in [1.165, 1.54) is 13.0 Å². The number of benzene rings is 1. The van der Waals surface area contributed by atoms with Gasteiger partial charge in [0.05, 0.1) is 21.3 Å². The van der Waals surface area contributed by atoms with Gasteiger partial charge in [-0.2, -0.15) is 17.9 Å². The second-order valence-electron chi connectivity index (χ2n) is 4.85. The molecule has 10 heteroatoms. The first-order chi connectivity index (χ1) is 11.1. The molecule has 1 aromatic heterocycles. The van der Waals surface area contributed by atoms with Crippen molar-refractivity contribution in [3.05, 3.63) is 39.0 Å². The lowest BCUT2D eigenvalue weighted by Gasteiger charge is -2.17. The Labute approximate surface area is 145 Å². The zero-order valence-electron chi connectivity index (χ0n) is 12.5. The smallest absolute Gasteiger partial charge is 0.416 e. The summed E-state index contributed by atoms with van der Waals surface area (Å²) in [6.45, 7) is 3.08. The molecule has 0 aliphatic heterocycles. The van der Waals surface area contributed by atoms with Gasteiger partial charge < -0.3 is 10.5 Å². The number of aryl methyl sites for hydroxylation is 1. The number of nitrogens with zero attached hydrogens (tertiary/aromatic N) is 2. The van der Waals surface area contributed by atoms with E-state index in [-0.39, 0.29) is 33.7 Å². The van der Waals surface area contributed by atoms with Crippen LogP contribution in [0.5, 0.6) is 11.6 Å². The molecule has 1 heterocycles. The van der Waals surface area contributed by atoms with Crippen LogP contribution < -0.4 is 10.5 Å². The van der Waals surface area contributed by atoms with E-state index >= 15 is 0 Å². The fraction of sp³-hybridized carbons (Fsp3) is 0.286. The Bertz CT molecular complexity index is 804. The SMILES string of the molecule is CCc1c(C(F)(F)F)cc(Cl)c(Oc2cc(C)n(C(N)=O)n2)c1Cl. The molecule has 0 aliphatic carbocycles. The Morgan fingerprint density at radius 1 is 1.38 bits per heavy atom. The minimum Gasteiger partial charge on any atom is -0.434 e. The number of alkyl halides is 3. The van der Waals surface area contributed by atoms with Gasteiger partial charge in [-0.25, -0.2) is 4.79 Å². The Hall–Kier alpha value is -1.93. The molecule has 0 aliphatic rings. The molecule has 5 nitrogen and oxygen atoms in total. The van der Waals surface area contributed by atoms with Crippen molar-refractivity contribution in [1.29, 1.82) is 0 Å². The van der Waals surface area contributed by atoms with Crippen molar-refractivity contribution in [2.75, 3.05) is 0 Å². The zero-order chi connectivity index (χ0) is 18.2. The molecule has 0 saturated heterocycles. The van der Waals surface area contributed by atoms with Gasteiger partial charge in [0.15, 0.2) is 5.75 Å². The summed E-state index contributed by atoms with van der Waals surface area (Å²) in [4.78, 5) is 11.2. The second-order valence-corrected chi connectivity index (χ2v) is 5.64. The van der Waals surface area contributed by atoms with Crippen LogP contribution in [-0.4, -0.2) is 15.8 Å². The molecule has 0 saturated carbocycles. The van der Waals surface area contributed by atoms with E-state index in [9.17, 15) is 18.0 Å². The summed E-state index contributed by atoms with van der Waals surface area (Å²) in [5, 5.41) is 3.21. The van der Waals surface area contributed by atoms with Crippen molar-refractivity contribution in [1.82, 2.24) is 9.78 Å². The minimum atomic E-state index is -4.60. The maximum Gasteiger partial charge on any atom is 0.416 e. The summed E-state index contributed by atoms with van der Waals surface area (Å²) in [6, 6.07) is 1.29. The molecule has 130 valence electrons. The lowest BCUT2D eigenvalue weighted by molar-refractivity contribution is -0.138. The van der Waals surface area contributed by atoms with E-state index < -0.39 is 17.8 Å². The summed E-state index contributed by atoms with van der Waals surface area (Å²) < 4.78 is 45.5. The van der Waals surface area contributed by atoms with Crippen LogP contribution in [0, 0.1) is 6.92 Å². The predicted octanol–water partition coefficient (Wildman–Crippen LogP) is 4.80. The average Bonchev–Trinajstić information content (AvgIpc) is 2.83. The highest BCUT2D eigenvalue weighted by Crippen LogP contribution is 2.45. The first-order valence-corrected chi connectivity index (χ1v) is 7.44. The molecule has 0 atom stereocenters. The normalized spacial score (nSPS) is 11.6. The summed E-state index contributed by atoms with van der Waals surface area (Å²) in [5.41, 5.74) is 4.44. The molecule has 2 N–H and O–H groups in total. The lowest BCUT2D eigenvalue weighted by atomic mass is 10.0. The topological polar surface area (TPSA) is 70.1 Å². The largest absolute Gasteiger partial charge is 0.434 e. The van der Waals surface area contributed by atoms with Crippen molar-refractivity contribution in [3.8, 4) is 11.6 Å². The van der Waals surface area contributed by atoms with Gasteiger partial charge in [-0.15, -0.1) is 5.10 Å². The van der Waals surface area contributed by atoms with E-state index in [1.54, 1.807) is 6.92 Å². The van der Waals surface area contributed by atoms with E-state index in [4.69, 9.17) is 33.7 Å². The highest BCUT2D eigenvalue weighted by molar-refractivity contribution is 6.37. The highest BCUT2D eigenvalue weighted by atomic mass is 35.5. The van der Waals surface area contributed by atoms with Crippen LogP contribution in [0.15, 0.2) is 12.1 Å². The monoisotopic (exact) mass is 381 g/mol. The number of hydrogen-bond donors (Lipinski definition) is 1. The van der Waals surface area contributed by atoms with Crippen LogP contribution in [0.3, 0.4) is 0 Å². The molecule has 2 aromatic rings. The summed E-state index contributed by atoms with van der Waals surface area (Å²) in [5.74, 6) is -0.241. The highest BCUT2D eigenvalue weighted by Gasteiger charge is 2.36. The van der Waals surface area contributed by atoms with Crippen LogP contribution in [0.2, 0.25) is 10.0 Å². The number of primary amides is 1. The van der Waals surface area contributed by atoms with Gasteiger partial charge in [-0.3, -0.25) is 0 Å². The number of halogens is 5. The number of rotatable bonds is 3. The van der Waals surface area contributed by atoms with Crippen LogP contribution in [0.1, 0.15) is 23.7 Å². The van der Waals surface area contributed by atoms with Crippen molar-refractivity contribution < 1.29 is 22.7 Å². The molecule has 0 fully saturated rings. The van der Waals surface area contributed by atoms with E-state index in [0.29, 0.717) is 5.69 Å². The summed E-state index contributed by atoms with van der Waals surface area (Å²) in [7, 11) is 0. The average molecular weight is 382 g/mol. The van der Waals surface area contributed by atoms with Gasteiger partial charge in [0.2, 0.25) is 5.88 Å². The van der Waals surface area contributed by atoms with Crippen molar-refractivity contribution in [3.63, 3.8) is 0 Å². The van der Waals surface area contributed by atoms with Gasteiger partial charge in [0, 0.05) is 6.07 Å². The number of carbonyl (C=O) groups is 1. The number of carbonyl (C=O) groups excluding carboxylic acids is 1. The van der Waals surface area contributed by atoms with Crippen LogP contribution >= 0.6 is 23.2 Å². The molecule has 24 heavy (non-hydrogen) atoms. The summed E-state index contributed by atoms with van der Waals surface area (Å²) in [6.07, 6.45) is -4.57. The van der Waals surface area contributed by atoms with Crippen molar-refractivity contribution in [2.45, 2.75) is 26.4 Å². The fourth-order valence-electron chi connectivity index (χ4n) is 2.16. The quantitative estimate of drug-likeness (QED) is 0.829. The first kappa shape index (κ1) is 18.4. The predicted molar refractivity (Wildman–Crippen MR) is 82.9 cm³/mol. The number of amides is 1. The van der Waals surface area contributed by atoms with Gasteiger partial charge in [0.1, 0.15) is 0 Å². The van der Waals surface area contributed by atoms with E-state index in [2.05, 4.69) is 5.10 Å². The maximum absolute atomic E-state index is 13.1. The molecule has 1 aromatic carbocycles. The Kier molecular flexibility index (Phi) is 5.00. The molecule has 0 unspecified atom stereocenters. The first-order valence-electron chi connectivity index (χ1n) is 6.68. The Morgan fingerprint density at radius 3 is 2.46 bits per heavy atom. The third-order valence-corrected chi connectivity index (χ3v) is 3.90. The number of nitrogens with two attached hydrogens (primary N) is 1. The molecular weight excluding hydrogens is 370 g/mol. The molecule has 1 amide bonds. The lowest BCUT2D eigenvalue weighted by Crippen LogP contribution is -2.21. The molecule has 2 rings (SSSR count). The molecule has 0 radical (unpaired) electrons. The van der Waals surface area contributed by atoms with Crippen LogP contribution in [-0.2, 0) is 12.6 Å². The Balaban J connectivity index is 2.52. The standard InChI is InChI=1S/C14H12Cl2F3N3O2/c1-3-7-8(14(17,18)19)5-9(15)12(11(7)16)24-10-4-6(2)22(21-10)13(20)23/h4-5H,3H2,1-2H3,(H2,20,23). The number of aromatic nitrogens is 2. The van der Waals surface area contributed by atoms with Gasteiger partial charge in [-0.1, -0.05) is 30.1 Å². The van der Waals surface area contributed by atoms with Gasteiger partial charge >= 0.3 is 12.2 Å². The van der Waals surface area contributed by atoms with E-state index in [0.717, 1.165) is 10.7 Å². The van der Waals surface area contributed by atoms with Crippen molar-refractivity contribution in [2.24, 2.45) is 5.73 Å². The van der Waals surface area contributed by atoms with Crippen molar-refractivity contribution >= 4 is 29.2 Å². The minimum absolute atomic E-state index is 0.0238. The molecule has 0 spiro atoms. The second kappa shape index (κ2) is 6.52. The third-order valence-electron chi connectivity index (χ3n) is 3.22. The van der Waals surface area contributed by atoms with Crippen LogP contribution in [0.25, 0.3) is 0 Å². The third kappa shape index (κ3) is 3.44. The van der Waals surface area contributed by atoms with E-state index in [1.807, 2.05) is 0 Å². The van der Waals surface area contributed by atoms with Gasteiger partial charge in [-0.05, 0) is 25.0 Å². The molecule has 0 bridgehead atoms.